The molecule has 0 aliphatic carbocycles. The van der Waals surface area contributed by atoms with Crippen molar-refractivity contribution >= 4 is 24.1 Å². The molecule has 1 aliphatic heterocycles. The minimum atomic E-state index is 0.169. The molecule has 1 aromatic rings. The third-order valence-corrected chi connectivity index (χ3v) is 2.61. The van der Waals surface area contributed by atoms with Crippen molar-refractivity contribution in [2.24, 2.45) is 0 Å². The number of carbonyl (C=O) groups excluding carboxylic acids is 1. The predicted octanol–water partition coefficient (Wildman–Crippen LogP) is 1.74. The van der Waals surface area contributed by atoms with Gasteiger partial charge in [0.25, 0.3) is 0 Å². The van der Waals surface area contributed by atoms with Crippen molar-refractivity contribution in [1.82, 2.24) is 0 Å². The number of rotatable bonds is 2. The van der Waals surface area contributed by atoms with Crippen molar-refractivity contribution in [3.05, 3.63) is 35.3 Å². The second-order valence-electron chi connectivity index (χ2n) is 3.54. The van der Waals surface area contributed by atoms with Gasteiger partial charge in [0, 0.05) is 5.57 Å². The Hall–Kier alpha value is -1.31. The van der Waals surface area contributed by atoms with Gasteiger partial charge in [-0.25, -0.2) is 0 Å². The number of hydrogen-bond donors (Lipinski definition) is 0. The number of hydrogen-bond acceptors (Lipinski definition) is 1. The van der Waals surface area contributed by atoms with Crippen molar-refractivity contribution in [2.75, 3.05) is 0 Å². The maximum Gasteiger partial charge on any atom is 0.187 e. The summed E-state index contributed by atoms with van der Waals surface area (Å²) in [6, 6.07) is 8.06. The zero-order chi connectivity index (χ0) is 10.1. The molecule has 1 radical (unpaired) electrons. The summed E-state index contributed by atoms with van der Waals surface area (Å²) in [5.74, 6) is 0.169. The summed E-state index contributed by atoms with van der Waals surface area (Å²) in [5, 5.41) is 0. The first-order chi connectivity index (χ1) is 6.74. The second kappa shape index (κ2) is 3.45. The molecule has 1 nitrogen and oxygen atoms in total. The molecule has 2 heteroatoms. The van der Waals surface area contributed by atoms with Crippen LogP contribution in [0.15, 0.2) is 29.7 Å². The maximum atomic E-state index is 11.5. The van der Waals surface area contributed by atoms with Crippen LogP contribution in [-0.4, -0.2) is 13.1 Å². The first kappa shape index (κ1) is 9.26. The van der Waals surface area contributed by atoms with Crippen molar-refractivity contribution in [2.45, 2.75) is 20.3 Å². The van der Waals surface area contributed by atoms with Crippen molar-refractivity contribution in [1.29, 1.82) is 0 Å². The van der Waals surface area contributed by atoms with Crippen LogP contribution in [0.3, 0.4) is 0 Å². The molecule has 1 aromatic carbocycles. The highest BCUT2D eigenvalue weighted by atomic mass is 16.1. The predicted molar refractivity (Wildman–Crippen MR) is 59.7 cm³/mol. The molecule has 0 aromatic heterocycles. The van der Waals surface area contributed by atoms with Gasteiger partial charge < -0.3 is 0 Å². The molecule has 0 atom stereocenters. The molecule has 0 N–H and O–H groups in total. The van der Waals surface area contributed by atoms with E-state index in [9.17, 15) is 4.79 Å². The Balaban J connectivity index is 2.56. The molecule has 0 bridgehead atoms. The normalized spacial score (nSPS) is 13.9. The zero-order valence-electron chi connectivity index (χ0n) is 8.50. The summed E-state index contributed by atoms with van der Waals surface area (Å²) in [7, 11) is 2.12. The molecule has 2 rings (SSSR count). The fraction of sp³-hybridized carbons (Fsp3) is 0.250. The third-order valence-electron chi connectivity index (χ3n) is 2.61. The SMILES string of the molecule is CCC1=C(C(C)=O)c2ccccc2[B]1. The van der Waals surface area contributed by atoms with Crippen molar-refractivity contribution < 1.29 is 4.79 Å². The van der Waals surface area contributed by atoms with Gasteiger partial charge in [0.1, 0.15) is 0 Å². The standard InChI is InChI=1S/C12H12BO/c1-3-10-12(8(2)14)9-6-4-5-7-11(9)13-10/h4-7H,3H2,1-2H3. The highest BCUT2D eigenvalue weighted by Gasteiger charge is 2.23. The summed E-state index contributed by atoms with van der Waals surface area (Å²) >= 11 is 0. The molecule has 0 spiro atoms. The van der Waals surface area contributed by atoms with Crippen LogP contribution in [0, 0.1) is 0 Å². The first-order valence-electron chi connectivity index (χ1n) is 4.92. The molecular weight excluding hydrogens is 171 g/mol. The minimum Gasteiger partial charge on any atom is -0.295 e. The summed E-state index contributed by atoms with van der Waals surface area (Å²) in [4.78, 5) is 11.5. The van der Waals surface area contributed by atoms with Crippen LogP contribution in [0.4, 0.5) is 0 Å². The van der Waals surface area contributed by atoms with E-state index in [2.05, 4.69) is 20.3 Å². The highest BCUT2D eigenvalue weighted by Crippen LogP contribution is 2.25. The lowest BCUT2D eigenvalue weighted by Gasteiger charge is -2.02. The molecule has 14 heavy (non-hydrogen) atoms. The number of ketones is 1. The zero-order valence-corrected chi connectivity index (χ0v) is 8.50. The minimum absolute atomic E-state index is 0.169. The lowest BCUT2D eigenvalue weighted by Crippen LogP contribution is -2.12. The molecule has 0 fully saturated rings. The molecule has 1 aliphatic rings. The van der Waals surface area contributed by atoms with Gasteiger partial charge in [-0.05, 0) is 18.9 Å². The van der Waals surface area contributed by atoms with E-state index in [1.807, 2.05) is 18.2 Å². The lowest BCUT2D eigenvalue weighted by molar-refractivity contribution is -0.111. The molecule has 1 heterocycles. The largest absolute Gasteiger partial charge is 0.295 e. The van der Waals surface area contributed by atoms with Gasteiger partial charge in [-0.3, -0.25) is 4.79 Å². The van der Waals surface area contributed by atoms with Gasteiger partial charge in [0.15, 0.2) is 13.1 Å². The number of benzene rings is 1. The van der Waals surface area contributed by atoms with Crippen molar-refractivity contribution in [3.8, 4) is 0 Å². The number of allylic oxidation sites excluding steroid dienone is 2. The average molecular weight is 183 g/mol. The molecule has 0 unspecified atom stereocenters. The Kier molecular flexibility index (Phi) is 2.28. The molecule has 0 saturated carbocycles. The van der Waals surface area contributed by atoms with Crippen molar-refractivity contribution in [3.63, 3.8) is 0 Å². The van der Waals surface area contributed by atoms with Crippen LogP contribution >= 0.6 is 0 Å². The number of Topliss-reactive ketones (excluding diaryl/α,β-unsaturated/α-hetero) is 1. The number of carbonyl (C=O) groups is 1. The second-order valence-corrected chi connectivity index (χ2v) is 3.54. The fourth-order valence-corrected chi connectivity index (χ4v) is 1.98. The van der Waals surface area contributed by atoms with Gasteiger partial charge in [-0.2, -0.15) is 0 Å². The average Bonchev–Trinajstić information content (AvgIpc) is 2.55. The molecule has 0 saturated heterocycles. The van der Waals surface area contributed by atoms with E-state index in [1.54, 1.807) is 6.92 Å². The Morgan fingerprint density at radius 1 is 1.36 bits per heavy atom. The third kappa shape index (κ3) is 1.31. The smallest absolute Gasteiger partial charge is 0.187 e. The number of fused-ring (bicyclic) bond motifs is 1. The monoisotopic (exact) mass is 183 g/mol. The Labute approximate surface area is 85.1 Å². The van der Waals surface area contributed by atoms with E-state index in [4.69, 9.17) is 0 Å². The maximum absolute atomic E-state index is 11.5. The van der Waals surface area contributed by atoms with Crippen LogP contribution in [0.25, 0.3) is 5.57 Å². The van der Waals surface area contributed by atoms with Crippen LogP contribution in [-0.2, 0) is 4.79 Å². The van der Waals surface area contributed by atoms with E-state index >= 15 is 0 Å². The molecule has 69 valence electrons. The first-order valence-corrected chi connectivity index (χ1v) is 4.92. The Morgan fingerprint density at radius 2 is 2.07 bits per heavy atom. The van der Waals surface area contributed by atoms with Gasteiger partial charge in [0.05, 0.1) is 0 Å². The van der Waals surface area contributed by atoms with Crippen LogP contribution in [0.2, 0.25) is 0 Å². The van der Waals surface area contributed by atoms with Gasteiger partial charge >= 0.3 is 0 Å². The van der Waals surface area contributed by atoms with Gasteiger partial charge in [-0.15, -0.1) is 0 Å². The Bertz CT molecular complexity index is 418. The van der Waals surface area contributed by atoms with E-state index in [0.29, 0.717) is 0 Å². The summed E-state index contributed by atoms with van der Waals surface area (Å²) in [5.41, 5.74) is 4.34. The van der Waals surface area contributed by atoms with Gasteiger partial charge in [0.2, 0.25) is 0 Å². The van der Waals surface area contributed by atoms with E-state index in [0.717, 1.165) is 17.6 Å². The van der Waals surface area contributed by atoms with Crippen LogP contribution in [0.5, 0.6) is 0 Å². The lowest BCUT2D eigenvalue weighted by atomic mass is 9.66. The van der Waals surface area contributed by atoms with E-state index < -0.39 is 0 Å². The van der Waals surface area contributed by atoms with Crippen LogP contribution < -0.4 is 5.46 Å². The van der Waals surface area contributed by atoms with E-state index in [-0.39, 0.29) is 5.78 Å². The topological polar surface area (TPSA) is 17.1 Å². The highest BCUT2D eigenvalue weighted by molar-refractivity contribution is 6.68. The summed E-state index contributed by atoms with van der Waals surface area (Å²) in [6.45, 7) is 3.72. The Morgan fingerprint density at radius 3 is 2.71 bits per heavy atom. The quantitative estimate of drug-likeness (QED) is 0.638. The summed E-state index contributed by atoms with van der Waals surface area (Å²) < 4.78 is 0. The van der Waals surface area contributed by atoms with E-state index in [1.165, 1.54) is 10.9 Å². The van der Waals surface area contributed by atoms with Crippen LogP contribution in [0.1, 0.15) is 25.8 Å². The van der Waals surface area contributed by atoms with Gasteiger partial charge in [-0.1, -0.05) is 42.1 Å². The molecular formula is C12H12BO. The fourth-order valence-electron chi connectivity index (χ4n) is 1.98. The summed E-state index contributed by atoms with van der Waals surface area (Å²) in [6.07, 6.45) is 0.920. The molecule has 0 amide bonds.